The summed E-state index contributed by atoms with van der Waals surface area (Å²) < 4.78 is 5.72. The van der Waals surface area contributed by atoms with Crippen LogP contribution in [0, 0.1) is 40.9 Å². The molecule has 4 saturated carbocycles. The molecule has 0 radical (unpaired) electrons. The third-order valence-electron chi connectivity index (χ3n) is 9.33. The van der Waals surface area contributed by atoms with Gasteiger partial charge in [0.25, 0.3) is 0 Å². The fourth-order valence-electron chi connectivity index (χ4n) is 7.31. The molecule has 0 aromatic carbocycles. The van der Waals surface area contributed by atoms with Gasteiger partial charge in [-0.15, -0.1) is 0 Å². The summed E-state index contributed by atoms with van der Waals surface area (Å²) in [5.74, 6) is 2.79. The summed E-state index contributed by atoms with van der Waals surface area (Å²) in [4.78, 5) is 40.1. The van der Waals surface area contributed by atoms with Crippen LogP contribution in [0.5, 0.6) is 0 Å². The number of β-lactam (4-membered cyclic amide) rings is 1. The van der Waals surface area contributed by atoms with E-state index in [9.17, 15) is 14.4 Å². The zero-order valence-electron chi connectivity index (χ0n) is 18.1. The van der Waals surface area contributed by atoms with E-state index in [-0.39, 0.29) is 41.8 Å². The Labute approximate surface area is 173 Å². The van der Waals surface area contributed by atoms with Crippen molar-refractivity contribution < 1.29 is 19.1 Å². The molecule has 1 heterocycles. The fraction of sp³-hybridized carbons (Fsp3) is 0.875. The summed E-state index contributed by atoms with van der Waals surface area (Å²) in [6, 6.07) is 0.209. The molecule has 0 N–H and O–H groups in total. The van der Waals surface area contributed by atoms with Gasteiger partial charge in [0, 0.05) is 5.92 Å². The number of rotatable bonds is 4. The molecule has 29 heavy (non-hydrogen) atoms. The van der Waals surface area contributed by atoms with Crippen LogP contribution in [0.3, 0.4) is 0 Å². The highest BCUT2D eigenvalue weighted by Gasteiger charge is 2.69. The smallest absolute Gasteiger partial charge is 0.311 e. The van der Waals surface area contributed by atoms with Crippen LogP contribution in [0.25, 0.3) is 0 Å². The molecule has 1 saturated heterocycles. The average Bonchev–Trinajstić information content (AvgIpc) is 3.38. The van der Waals surface area contributed by atoms with Crippen molar-refractivity contribution in [3.05, 3.63) is 0 Å². The van der Waals surface area contributed by atoms with Crippen molar-refractivity contribution in [3.8, 4) is 0 Å². The van der Waals surface area contributed by atoms with Gasteiger partial charge in [-0.2, -0.15) is 0 Å². The molecular formula is C24H35NO4. The number of likely N-dealkylation sites (tertiary alicyclic amines) is 1. The maximum Gasteiger partial charge on any atom is 0.311 e. The maximum absolute atomic E-state index is 13.2. The van der Waals surface area contributed by atoms with Gasteiger partial charge in [-0.25, -0.2) is 0 Å². The Balaban J connectivity index is 1.18. The first-order chi connectivity index (χ1) is 13.8. The number of nitrogens with zero attached hydrogens (tertiary/aromatic N) is 1. The van der Waals surface area contributed by atoms with E-state index in [1.165, 1.54) is 25.7 Å². The van der Waals surface area contributed by atoms with Gasteiger partial charge in [0.1, 0.15) is 6.10 Å². The highest BCUT2D eigenvalue weighted by Crippen LogP contribution is 2.65. The number of ether oxygens (including phenoxy) is 1. The number of esters is 1. The van der Waals surface area contributed by atoms with E-state index < -0.39 is 5.41 Å². The molecule has 160 valence electrons. The van der Waals surface area contributed by atoms with Crippen LogP contribution in [0.4, 0.5) is 0 Å². The summed E-state index contributed by atoms with van der Waals surface area (Å²) >= 11 is 0. The minimum atomic E-state index is -0.453. The van der Waals surface area contributed by atoms with Crippen LogP contribution < -0.4 is 0 Å². The van der Waals surface area contributed by atoms with Crippen LogP contribution >= 0.6 is 0 Å². The molecule has 5 fully saturated rings. The van der Waals surface area contributed by atoms with Crippen molar-refractivity contribution in [3.63, 3.8) is 0 Å². The molecule has 4 aliphatic carbocycles. The summed E-state index contributed by atoms with van der Waals surface area (Å²) in [6.45, 7) is 5.83. The molecule has 0 spiro atoms. The molecule has 1 aliphatic heterocycles. The second-order valence-electron chi connectivity index (χ2n) is 11.0. The molecule has 5 heteroatoms. The number of carbonyl (C=O) groups excluding carboxylic acids is 3. The van der Waals surface area contributed by atoms with Crippen molar-refractivity contribution in [1.82, 2.24) is 4.90 Å². The maximum atomic E-state index is 13.2. The number of imide groups is 1. The Morgan fingerprint density at radius 3 is 2.31 bits per heavy atom. The summed E-state index contributed by atoms with van der Waals surface area (Å²) in [6.07, 6.45) is 8.67. The first kappa shape index (κ1) is 19.6. The van der Waals surface area contributed by atoms with Gasteiger partial charge in [0.05, 0.1) is 17.4 Å². The van der Waals surface area contributed by atoms with Crippen molar-refractivity contribution in [2.45, 2.75) is 90.7 Å². The van der Waals surface area contributed by atoms with E-state index in [0.29, 0.717) is 11.8 Å². The number of hydrogen-bond donors (Lipinski definition) is 0. The minimum absolute atomic E-state index is 0.0667. The predicted molar refractivity (Wildman–Crippen MR) is 107 cm³/mol. The topological polar surface area (TPSA) is 63.7 Å². The van der Waals surface area contributed by atoms with E-state index in [1.807, 2.05) is 20.8 Å². The van der Waals surface area contributed by atoms with E-state index in [1.54, 1.807) is 4.90 Å². The normalized spacial score (nSPS) is 43.0. The lowest BCUT2D eigenvalue weighted by atomic mass is 9.67. The van der Waals surface area contributed by atoms with Crippen molar-refractivity contribution in [2.24, 2.45) is 40.9 Å². The molecule has 2 bridgehead atoms. The molecule has 5 aliphatic rings. The largest absolute Gasteiger partial charge is 0.462 e. The molecule has 5 nitrogen and oxygen atoms in total. The van der Waals surface area contributed by atoms with Crippen molar-refractivity contribution in [2.75, 3.05) is 0 Å². The van der Waals surface area contributed by atoms with Crippen molar-refractivity contribution >= 4 is 17.8 Å². The van der Waals surface area contributed by atoms with Gasteiger partial charge in [-0.3, -0.25) is 19.3 Å². The molecule has 0 aromatic heterocycles. The van der Waals surface area contributed by atoms with E-state index in [4.69, 9.17) is 4.74 Å². The zero-order valence-corrected chi connectivity index (χ0v) is 18.1. The third-order valence-corrected chi connectivity index (χ3v) is 9.33. The first-order valence-electron chi connectivity index (χ1n) is 11.9. The molecule has 6 atom stereocenters. The van der Waals surface area contributed by atoms with Crippen LogP contribution in [0.15, 0.2) is 0 Å². The summed E-state index contributed by atoms with van der Waals surface area (Å²) in [5.41, 5.74) is -0.453. The lowest BCUT2D eigenvalue weighted by molar-refractivity contribution is -0.176. The predicted octanol–water partition coefficient (Wildman–Crippen LogP) is 3.94. The van der Waals surface area contributed by atoms with Gasteiger partial charge in [0.2, 0.25) is 11.8 Å². The fourth-order valence-corrected chi connectivity index (χ4v) is 7.31. The van der Waals surface area contributed by atoms with Gasteiger partial charge in [0.15, 0.2) is 0 Å². The van der Waals surface area contributed by atoms with Crippen LogP contribution in [0.2, 0.25) is 0 Å². The Bertz CT molecular complexity index is 722. The zero-order chi connectivity index (χ0) is 20.5. The highest BCUT2D eigenvalue weighted by molar-refractivity contribution is 6.03. The Hall–Kier alpha value is -1.39. The highest BCUT2D eigenvalue weighted by atomic mass is 16.5. The molecular weight excluding hydrogens is 366 g/mol. The SMILES string of the molecule is CCC(C)(C)C(=O)OC1CCC(C(=O)N2C(=O)C3C4CC(C5CCCC54)C32)CC1. The molecule has 6 unspecified atom stereocenters. The van der Waals surface area contributed by atoms with E-state index in [2.05, 4.69) is 0 Å². The van der Waals surface area contributed by atoms with E-state index >= 15 is 0 Å². The standard InChI is InChI=1S/C24H35NO4/c1-4-24(2,3)23(28)29-14-10-8-13(9-11-14)21(26)25-20-18-12-17(19(20)22(25)27)15-6-5-7-16(15)18/h13-20H,4-12H2,1-3H3. The molecule has 0 aromatic rings. The summed E-state index contributed by atoms with van der Waals surface area (Å²) in [7, 11) is 0. The number of fused-ring (bicyclic) bond motifs is 8. The summed E-state index contributed by atoms with van der Waals surface area (Å²) in [5, 5.41) is 0. The lowest BCUT2D eigenvalue weighted by Gasteiger charge is -2.52. The van der Waals surface area contributed by atoms with Gasteiger partial charge in [-0.05, 0) is 88.9 Å². The Kier molecular flexibility index (Phi) is 4.60. The minimum Gasteiger partial charge on any atom is -0.462 e. The monoisotopic (exact) mass is 401 g/mol. The van der Waals surface area contributed by atoms with Crippen molar-refractivity contribution in [1.29, 1.82) is 0 Å². The van der Waals surface area contributed by atoms with Gasteiger partial charge >= 0.3 is 5.97 Å². The van der Waals surface area contributed by atoms with Crippen LogP contribution in [-0.4, -0.2) is 34.8 Å². The number of hydrogen-bond acceptors (Lipinski definition) is 4. The average molecular weight is 402 g/mol. The van der Waals surface area contributed by atoms with Gasteiger partial charge in [-0.1, -0.05) is 13.3 Å². The van der Waals surface area contributed by atoms with Gasteiger partial charge < -0.3 is 4.74 Å². The third kappa shape index (κ3) is 2.82. The molecule has 2 amide bonds. The second kappa shape index (κ2) is 6.81. The Morgan fingerprint density at radius 1 is 1.00 bits per heavy atom. The first-order valence-corrected chi connectivity index (χ1v) is 11.9. The van der Waals surface area contributed by atoms with Crippen LogP contribution in [-0.2, 0) is 19.1 Å². The van der Waals surface area contributed by atoms with E-state index in [0.717, 1.165) is 43.9 Å². The number of amides is 2. The second-order valence-corrected chi connectivity index (χ2v) is 11.0. The quantitative estimate of drug-likeness (QED) is 0.407. The number of carbonyl (C=O) groups is 3. The van der Waals surface area contributed by atoms with Crippen LogP contribution in [0.1, 0.15) is 78.6 Å². The lowest BCUT2D eigenvalue weighted by Crippen LogP contribution is -2.68. The Morgan fingerprint density at radius 2 is 1.66 bits per heavy atom. The molecule has 5 rings (SSSR count).